The zero-order valence-corrected chi connectivity index (χ0v) is 8.96. The van der Waals surface area contributed by atoms with Gasteiger partial charge in [0.1, 0.15) is 0 Å². The first-order chi connectivity index (χ1) is 7.37. The van der Waals surface area contributed by atoms with Crippen molar-refractivity contribution in [3.8, 4) is 0 Å². The van der Waals surface area contributed by atoms with Crippen molar-refractivity contribution >= 4 is 5.97 Å². The van der Waals surface area contributed by atoms with E-state index in [0.717, 1.165) is 19.3 Å². The molecule has 0 radical (unpaired) electrons. The van der Waals surface area contributed by atoms with Gasteiger partial charge in [-0.05, 0) is 18.8 Å². The molecule has 0 aliphatic heterocycles. The normalized spacial score (nSPS) is 17.5. The molecule has 1 aliphatic rings. The van der Waals surface area contributed by atoms with Crippen LogP contribution in [0, 0.1) is 5.92 Å². The van der Waals surface area contributed by atoms with E-state index in [9.17, 15) is 18.0 Å². The SMILES string of the molecule is O=C(O)CCN(CC1CCC1)CC(F)(F)F. The van der Waals surface area contributed by atoms with E-state index in [-0.39, 0.29) is 13.0 Å². The van der Waals surface area contributed by atoms with E-state index in [1.165, 1.54) is 4.90 Å². The molecular weight excluding hydrogens is 223 g/mol. The van der Waals surface area contributed by atoms with Crippen molar-refractivity contribution in [2.75, 3.05) is 19.6 Å². The van der Waals surface area contributed by atoms with Gasteiger partial charge in [-0.25, -0.2) is 0 Å². The maximum atomic E-state index is 12.2. The van der Waals surface area contributed by atoms with Crippen LogP contribution < -0.4 is 0 Å². The molecule has 0 saturated heterocycles. The Kier molecular flexibility index (Phi) is 4.58. The Hall–Kier alpha value is -0.780. The summed E-state index contributed by atoms with van der Waals surface area (Å²) >= 11 is 0. The Morgan fingerprint density at radius 2 is 2.00 bits per heavy atom. The molecule has 1 N–H and O–H groups in total. The number of carbonyl (C=O) groups is 1. The van der Waals surface area contributed by atoms with Gasteiger partial charge in [-0.2, -0.15) is 13.2 Å². The minimum Gasteiger partial charge on any atom is -0.481 e. The summed E-state index contributed by atoms with van der Waals surface area (Å²) in [6.07, 6.45) is -1.49. The topological polar surface area (TPSA) is 40.5 Å². The average Bonchev–Trinajstić information content (AvgIpc) is 2.04. The van der Waals surface area contributed by atoms with Gasteiger partial charge in [0.25, 0.3) is 0 Å². The zero-order chi connectivity index (χ0) is 12.2. The lowest BCUT2D eigenvalue weighted by atomic mass is 9.85. The summed E-state index contributed by atoms with van der Waals surface area (Å²) in [5, 5.41) is 8.46. The largest absolute Gasteiger partial charge is 0.481 e. The zero-order valence-electron chi connectivity index (χ0n) is 8.96. The fourth-order valence-corrected chi connectivity index (χ4v) is 1.78. The number of halogens is 3. The Bertz CT molecular complexity index is 239. The van der Waals surface area contributed by atoms with Crippen molar-refractivity contribution in [3.05, 3.63) is 0 Å². The summed E-state index contributed by atoms with van der Waals surface area (Å²) in [4.78, 5) is 11.5. The maximum Gasteiger partial charge on any atom is 0.401 e. The van der Waals surface area contributed by atoms with Gasteiger partial charge < -0.3 is 5.11 Å². The fraction of sp³-hybridized carbons (Fsp3) is 0.900. The third-order valence-corrected chi connectivity index (χ3v) is 2.79. The quantitative estimate of drug-likeness (QED) is 0.771. The first-order valence-corrected chi connectivity index (χ1v) is 5.38. The van der Waals surface area contributed by atoms with Crippen LogP contribution in [0.2, 0.25) is 0 Å². The minimum atomic E-state index is -4.25. The molecule has 0 unspecified atom stereocenters. The predicted molar refractivity (Wildman–Crippen MR) is 52.1 cm³/mol. The Morgan fingerprint density at radius 3 is 2.38 bits per heavy atom. The van der Waals surface area contributed by atoms with Gasteiger partial charge >= 0.3 is 12.1 Å². The number of rotatable bonds is 6. The summed E-state index contributed by atoms with van der Waals surface area (Å²) in [7, 11) is 0. The molecule has 0 aromatic heterocycles. The average molecular weight is 239 g/mol. The molecule has 6 heteroatoms. The molecule has 3 nitrogen and oxygen atoms in total. The van der Waals surface area contributed by atoms with Crippen LogP contribution in [0.1, 0.15) is 25.7 Å². The van der Waals surface area contributed by atoms with E-state index in [2.05, 4.69) is 0 Å². The van der Waals surface area contributed by atoms with E-state index in [1.807, 2.05) is 0 Å². The molecule has 0 atom stereocenters. The second kappa shape index (κ2) is 5.52. The van der Waals surface area contributed by atoms with E-state index in [0.29, 0.717) is 12.5 Å². The number of carboxylic acid groups (broad SMARTS) is 1. The van der Waals surface area contributed by atoms with Crippen LogP contribution >= 0.6 is 0 Å². The maximum absolute atomic E-state index is 12.2. The van der Waals surface area contributed by atoms with Gasteiger partial charge in [0.15, 0.2) is 0 Å². The summed E-state index contributed by atoms with van der Waals surface area (Å²) < 4.78 is 36.6. The Labute approximate surface area is 92.2 Å². The van der Waals surface area contributed by atoms with Crippen molar-refractivity contribution in [3.63, 3.8) is 0 Å². The summed E-state index contributed by atoms with van der Waals surface area (Å²) in [5.41, 5.74) is 0. The smallest absolute Gasteiger partial charge is 0.401 e. The molecule has 1 rings (SSSR count). The predicted octanol–water partition coefficient (Wildman–Crippen LogP) is 2.13. The Balaban J connectivity index is 2.36. The number of carboxylic acids is 1. The minimum absolute atomic E-state index is 0.0225. The molecule has 0 spiro atoms. The molecule has 94 valence electrons. The lowest BCUT2D eigenvalue weighted by Gasteiger charge is -2.32. The number of aliphatic carboxylic acids is 1. The molecule has 0 aromatic carbocycles. The number of nitrogens with zero attached hydrogens (tertiary/aromatic N) is 1. The van der Waals surface area contributed by atoms with Gasteiger partial charge in [0, 0.05) is 13.1 Å². The fourth-order valence-electron chi connectivity index (χ4n) is 1.78. The van der Waals surface area contributed by atoms with E-state index < -0.39 is 18.7 Å². The highest BCUT2D eigenvalue weighted by molar-refractivity contribution is 5.66. The van der Waals surface area contributed by atoms with Crippen LogP contribution in [-0.4, -0.2) is 41.8 Å². The number of hydrogen-bond acceptors (Lipinski definition) is 2. The second-order valence-corrected chi connectivity index (χ2v) is 4.29. The van der Waals surface area contributed by atoms with E-state index >= 15 is 0 Å². The van der Waals surface area contributed by atoms with Crippen LogP contribution in [0.3, 0.4) is 0 Å². The monoisotopic (exact) mass is 239 g/mol. The lowest BCUT2D eigenvalue weighted by molar-refractivity contribution is -0.151. The summed E-state index contributed by atoms with van der Waals surface area (Å²) in [6.45, 7) is -0.658. The first-order valence-electron chi connectivity index (χ1n) is 5.38. The van der Waals surface area contributed by atoms with Gasteiger partial charge in [-0.1, -0.05) is 6.42 Å². The molecule has 1 aliphatic carbocycles. The lowest BCUT2D eigenvalue weighted by Crippen LogP contribution is -2.40. The van der Waals surface area contributed by atoms with Gasteiger partial charge in [0.05, 0.1) is 13.0 Å². The molecule has 0 aromatic rings. The van der Waals surface area contributed by atoms with Crippen molar-refractivity contribution in [1.82, 2.24) is 4.90 Å². The van der Waals surface area contributed by atoms with Crippen LogP contribution in [0.5, 0.6) is 0 Å². The highest BCUT2D eigenvalue weighted by atomic mass is 19.4. The van der Waals surface area contributed by atoms with Crippen LogP contribution in [0.25, 0.3) is 0 Å². The molecule has 1 saturated carbocycles. The van der Waals surface area contributed by atoms with Crippen molar-refractivity contribution < 1.29 is 23.1 Å². The molecule has 0 bridgehead atoms. The second-order valence-electron chi connectivity index (χ2n) is 4.29. The van der Waals surface area contributed by atoms with Gasteiger partial charge in [-0.3, -0.25) is 9.69 Å². The molecular formula is C10H16F3NO2. The molecule has 1 fully saturated rings. The van der Waals surface area contributed by atoms with Crippen LogP contribution in [0.15, 0.2) is 0 Å². The summed E-state index contributed by atoms with van der Waals surface area (Å²) in [6, 6.07) is 0. The van der Waals surface area contributed by atoms with Crippen molar-refractivity contribution in [2.24, 2.45) is 5.92 Å². The number of alkyl halides is 3. The van der Waals surface area contributed by atoms with Crippen molar-refractivity contribution in [1.29, 1.82) is 0 Å². The third kappa shape index (κ3) is 5.34. The van der Waals surface area contributed by atoms with Gasteiger partial charge in [-0.15, -0.1) is 0 Å². The van der Waals surface area contributed by atoms with Crippen molar-refractivity contribution in [2.45, 2.75) is 31.9 Å². The molecule has 16 heavy (non-hydrogen) atoms. The highest BCUT2D eigenvalue weighted by Crippen LogP contribution is 2.28. The highest BCUT2D eigenvalue weighted by Gasteiger charge is 2.32. The molecule has 0 amide bonds. The Morgan fingerprint density at radius 1 is 1.38 bits per heavy atom. The standard InChI is InChI=1S/C10H16F3NO2/c11-10(12,13)7-14(5-4-9(15)16)6-8-2-1-3-8/h8H,1-7H2,(H,15,16). The van der Waals surface area contributed by atoms with E-state index in [4.69, 9.17) is 5.11 Å². The summed E-state index contributed by atoms with van der Waals surface area (Å²) in [5.74, 6) is -0.739. The molecule has 0 heterocycles. The number of hydrogen-bond donors (Lipinski definition) is 1. The van der Waals surface area contributed by atoms with Crippen LogP contribution in [-0.2, 0) is 4.79 Å². The van der Waals surface area contributed by atoms with Gasteiger partial charge in [0.2, 0.25) is 0 Å². The third-order valence-electron chi connectivity index (χ3n) is 2.79. The van der Waals surface area contributed by atoms with E-state index in [1.54, 1.807) is 0 Å². The van der Waals surface area contributed by atoms with Crippen LogP contribution in [0.4, 0.5) is 13.2 Å². The first kappa shape index (κ1) is 13.3.